The maximum atomic E-state index is 13.8. The standard InChI is InChI=1S/C25H23ClFN3O3S2/c1-5-17-14(3)35-23-22(17)24(32)30(20-9-7-16(33-4)10-13(20)2)25(29-23)34-12-21(31)28-15-6-8-19(27)18(26)11-15/h6-11H,5,12H2,1-4H3,(H,28,31). The molecule has 0 fully saturated rings. The Morgan fingerprint density at radius 3 is 2.69 bits per heavy atom. The molecule has 0 aliphatic carbocycles. The molecule has 0 bridgehead atoms. The highest BCUT2D eigenvalue weighted by molar-refractivity contribution is 7.99. The molecule has 0 saturated heterocycles. The van der Waals surface area contributed by atoms with Crippen molar-refractivity contribution in [3.8, 4) is 11.4 Å². The van der Waals surface area contributed by atoms with Gasteiger partial charge < -0.3 is 10.1 Å². The minimum absolute atomic E-state index is 0.00681. The minimum atomic E-state index is -0.562. The van der Waals surface area contributed by atoms with Crippen LogP contribution in [0.25, 0.3) is 15.9 Å². The number of hydrogen-bond donors (Lipinski definition) is 1. The fraction of sp³-hybridized carbons (Fsp3) is 0.240. The van der Waals surface area contributed by atoms with Crippen molar-refractivity contribution in [2.45, 2.75) is 32.3 Å². The molecule has 0 saturated carbocycles. The number of rotatable bonds is 7. The predicted octanol–water partition coefficient (Wildman–Crippen LogP) is 6.16. The Kier molecular flexibility index (Phi) is 7.49. The van der Waals surface area contributed by atoms with Crippen LogP contribution >= 0.6 is 34.7 Å². The summed E-state index contributed by atoms with van der Waals surface area (Å²) in [5, 5.41) is 3.64. The Morgan fingerprint density at radius 2 is 2.03 bits per heavy atom. The quantitative estimate of drug-likeness (QED) is 0.228. The van der Waals surface area contributed by atoms with Crippen molar-refractivity contribution >= 4 is 56.5 Å². The van der Waals surface area contributed by atoms with Crippen molar-refractivity contribution in [1.82, 2.24) is 9.55 Å². The van der Waals surface area contributed by atoms with Crippen LogP contribution in [0.2, 0.25) is 5.02 Å². The van der Waals surface area contributed by atoms with Crippen LogP contribution in [0.1, 0.15) is 22.9 Å². The molecule has 182 valence electrons. The Balaban J connectivity index is 1.74. The number of ether oxygens (including phenoxy) is 1. The third-order valence-electron chi connectivity index (χ3n) is 5.53. The summed E-state index contributed by atoms with van der Waals surface area (Å²) in [5.74, 6) is -0.220. The second-order valence-electron chi connectivity index (χ2n) is 7.82. The lowest BCUT2D eigenvalue weighted by Crippen LogP contribution is -2.23. The van der Waals surface area contributed by atoms with Crippen molar-refractivity contribution in [2.24, 2.45) is 0 Å². The van der Waals surface area contributed by atoms with Gasteiger partial charge in [0.2, 0.25) is 5.91 Å². The fourth-order valence-corrected chi connectivity index (χ4v) is 5.98. The first kappa shape index (κ1) is 25.2. The zero-order valence-corrected chi connectivity index (χ0v) is 22.0. The number of hydrogen-bond acceptors (Lipinski definition) is 6. The summed E-state index contributed by atoms with van der Waals surface area (Å²) in [4.78, 5) is 32.9. The number of thiophene rings is 1. The number of aromatic nitrogens is 2. The van der Waals surface area contributed by atoms with Gasteiger partial charge in [-0.15, -0.1) is 11.3 Å². The molecule has 0 spiro atoms. The Hall–Kier alpha value is -2.88. The number of carbonyl (C=O) groups is 1. The van der Waals surface area contributed by atoms with E-state index in [-0.39, 0.29) is 22.2 Å². The van der Waals surface area contributed by atoms with Crippen molar-refractivity contribution in [3.63, 3.8) is 0 Å². The average molecular weight is 532 g/mol. The largest absolute Gasteiger partial charge is 0.497 e. The van der Waals surface area contributed by atoms with Crippen molar-refractivity contribution in [3.05, 3.63) is 73.6 Å². The molecular weight excluding hydrogens is 509 g/mol. The SMILES string of the molecule is CCc1c(C)sc2nc(SCC(=O)Nc3ccc(F)c(Cl)c3)n(-c3ccc(OC)cc3C)c(=O)c12. The monoisotopic (exact) mass is 531 g/mol. The minimum Gasteiger partial charge on any atom is -0.497 e. The van der Waals surface area contributed by atoms with Gasteiger partial charge >= 0.3 is 0 Å². The number of aryl methyl sites for hydroxylation is 3. The fourth-order valence-electron chi connectivity index (χ4n) is 3.84. The van der Waals surface area contributed by atoms with Gasteiger partial charge in [-0.05, 0) is 67.8 Å². The van der Waals surface area contributed by atoms with Crippen LogP contribution in [0.3, 0.4) is 0 Å². The van der Waals surface area contributed by atoms with Gasteiger partial charge in [0, 0.05) is 10.6 Å². The normalized spacial score (nSPS) is 11.1. The summed E-state index contributed by atoms with van der Waals surface area (Å²) in [5.41, 5.74) is 2.71. The lowest BCUT2D eigenvalue weighted by Gasteiger charge is -2.15. The van der Waals surface area contributed by atoms with E-state index in [9.17, 15) is 14.0 Å². The third kappa shape index (κ3) is 5.07. The molecule has 1 N–H and O–H groups in total. The number of methoxy groups -OCH3 is 1. The van der Waals surface area contributed by atoms with Gasteiger partial charge in [-0.25, -0.2) is 9.37 Å². The van der Waals surface area contributed by atoms with E-state index in [1.807, 2.05) is 32.9 Å². The highest BCUT2D eigenvalue weighted by atomic mass is 35.5. The molecule has 0 atom stereocenters. The first-order valence-electron chi connectivity index (χ1n) is 10.8. The average Bonchev–Trinajstić information content (AvgIpc) is 3.15. The number of nitrogens with one attached hydrogen (secondary N) is 1. The maximum Gasteiger partial charge on any atom is 0.267 e. The lowest BCUT2D eigenvalue weighted by atomic mass is 10.1. The molecule has 4 rings (SSSR count). The molecule has 10 heteroatoms. The van der Waals surface area contributed by atoms with E-state index in [0.29, 0.717) is 32.5 Å². The predicted molar refractivity (Wildman–Crippen MR) is 141 cm³/mol. The lowest BCUT2D eigenvalue weighted by molar-refractivity contribution is -0.113. The number of amides is 1. The summed E-state index contributed by atoms with van der Waals surface area (Å²) in [6, 6.07) is 9.43. The van der Waals surface area contributed by atoms with Crippen LogP contribution in [0.15, 0.2) is 46.3 Å². The highest BCUT2D eigenvalue weighted by Gasteiger charge is 2.21. The van der Waals surface area contributed by atoms with Crippen LogP contribution in [-0.4, -0.2) is 28.3 Å². The van der Waals surface area contributed by atoms with Gasteiger partial charge in [0.25, 0.3) is 5.56 Å². The van der Waals surface area contributed by atoms with E-state index in [0.717, 1.165) is 34.2 Å². The summed E-state index contributed by atoms with van der Waals surface area (Å²) in [6.45, 7) is 5.90. The molecule has 2 heterocycles. The molecule has 0 aliphatic rings. The Bertz CT molecular complexity index is 1500. The van der Waals surface area contributed by atoms with Crippen LogP contribution in [0.5, 0.6) is 5.75 Å². The number of nitrogens with zero attached hydrogens (tertiary/aromatic N) is 2. The van der Waals surface area contributed by atoms with E-state index in [4.69, 9.17) is 21.3 Å². The van der Waals surface area contributed by atoms with Crippen molar-refractivity contribution < 1.29 is 13.9 Å². The van der Waals surface area contributed by atoms with Crippen molar-refractivity contribution in [1.29, 1.82) is 0 Å². The number of halogens is 2. The first-order chi connectivity index (χ1) is 16.7. The molecule has 35 heavy (non-hydrogen) atoms. The molecule has 2 aromatic carbocycles. The Morgan fingerprint density at radius 1 is 1.26 bits per heavy atom. The van der Waals surface area contributed by atoms with Crippen LogP contribution in [0.4, 0.5) is 10.1 Å². The summed E-state index contributed by atoms with van der Waals surface area (Å²) < 4.78 is 20.3. The molecule has 1 amide bonds. The molecule has 0 unspecified atom stereocenters. The summed E-state index contributed by atoms with van der Waals surface area (Å²) in [7, 11) is 1.59. The maximum absolute atomic E-state index is 13.8. The van der Waals surface area contributed by atoms with E-state index in [1.165, 1.54) is 29.5 Å². The van der Waals surface area contributed by atoms with Crippen LogP contribution in [-0.2, 0) is 11.2 Å². The van der Waals surface area contributed by atoms with Gasteiger partial charge in [0.05, 0.1) is 29.0 Å². The molecule has 0 aliphatic heterocycles. The zero-order chi connectivity index (χ0) is 25.3. The summed E-state index contributed by atoms with van der Waals surface area (Å²) >= 11 is 8.44. The van der Waals surface area contributed by atoms with E-state index in [2.05, 4.69) is 5.32 Å². The Labute approximate surface area is 215 Å². The molecular formula is C25H23ClFN3O3S2. The third-order valence-corrected chi connectivity index (χ3v) is 7.80. The zero-order valence-electron chi connectivity index (χ0n) is 19.6. The van der Waals surface area contributed by atoms with E-state index < -0.39 is 5.82 Å². The number of thioether (sulfide) groups is 1. The first-order valence-corrected chi connectivity index (χ1v) is 13.0. The van der Waals surface area contributed by atoms with Crippen LogP contribution in [0, 0.1) is 19.7 Å². The van der Waals surface area contributed by atoms with E-state index >= 15 is 0 Å². The second kappa shape index (κ2) is 10.4. The second-order valence-corrected chi connectivity index (χ2v) is 10.4. The van der Waals surface area contributed by atoms with Crippen molar-refractivity contribution in [2.75, 3.05) is 18.2 Å². The number of carbonyl (C=O) groups excluding carboxylic acids is 1. The number of anilines is 1. The molecule has 4 aromatic rings. The van der Waals surface area contributed by atoms with Gasteiger partial charge in [0.1, 0.15) is 16.4 Å². The summed E-state index contributed by atoms with van der Waals surface area (Å²) in [6.07, 6.45) is 0.722. The van der Waals surface area contributed by atoms with Crippen LogP contribution < -0.4 is 15.6 Å². The van der Waals surface area contributed by atoms with Gasteiger partial charge in [-0.2, -0.15) is 0 Å². The molecule has 6 nitrogen and oxygen atoms in total. The van der Waals surface area contributed by atoms with Gasteiger partial charge in [0.15, 0.2) is 5.16 Å². The molecule has 2 aromatic heterocycles. The smallest absolute Gasteiger partial charge is 0.267 e. The highest BCUT2D eigenvalue weighted by Crippen LogP contribution is 2.32. The topological polar surface area (TPSA) is 73.2 Å². The number of fused-ring (bicyclic) bond motifs is 1. The molecule has 0 radical (unpaired) electrons. The van der Waals surface area contributed by atoms with E-state index in [1.54, 1.807) is 17.7 Å². The van der Waals surface area contributed by atoms with Gasteiger partial charge in [-0.1, -0.05) is 30.3 Å². The van der Waals surface area contributed by atoms with Gasteiger partial charge in [-0.3, -0.25) is 14.2 Å². The number of benzene rings is 2.